The van der Waals surface area contributed by atoms with Gasteiger partial charge in [-0.25, -0.2) is 0 Å². The van der Waals surface area contributed by atoms with Crippen molar-refractivity contribution in [3.8, 4) is 5.75 Å². The van der Waals surface area contributed by atoms with Crippen LogP contribution in [0.5, 0.6) is 5.75 Å². The van der Waals surface area contributed by atoms with Crippen LogP contribution in [0, 0.1) is 0 Å². The molecule has 1 fully saturated rings. The maximum atomic E-state index is 13.7. The van der Waals surface area contributed by atoms with Gasteiger partial charge >= 0.3 is 0 Å². The summed E-state index contributed by atoms with van der Waals surface area (Å²) in [6.07, 6.45) is 2.98. The largest absolute Gasteiger partial charge is 0.482 e. The Hall–Kier alpha value is -1.36. The lowest BCUT2D eigenvalue weighted by atomic mass is 9.77. The molecule has 0 unspecified atom stereocenters. The van der Waals surface area contributed by atoms with E-state index in [1.54, 1.807) is 0 Å². The van der Waals surface area contributed by atoms with Crippen molar-refractivity contribution < 1.29 is 9.53 Å². The molecule has 4 rings (SSSR count). The number of hydrogen-bond acceptors (Lipinski definition) is 3. The fourth-order valence-electron chi connectivity index (χ4n) is 4.14. The monoisotopic (exact) mass is 433 g/mol. The van der Waals surface area contributed by atoms with Crippen molar-refractivity contribution in [1.82, 2.24) is 4.90 Å². The SMILES string of the molecule is C[C@]1(N2CCCCC2)C(=O)c2cc(Br)ccc2O[C@H]1c1ccccc1Cl. The molecule has 0 spiro atoms. The molecule has 0 saturated carbocycles. The van der Waals surface area contributed by atoms with Gasteiger partial charge in [0.05, 0.1) is 5.56 Å². The van der Waals surface area contributed by atoms with Crippen molar-refractivity contribution in [3.05, 3.63) is 63.1 Å². The minimum atomic E-state index is -0.779. The van der Waals surface area contributed by atoms with Crippen LogP contribution in [0.3, 0.4) is 0 Å². The van der Waals surface area contributed by atoms with Gasteiger partial charge in [0.25, 0.3) is 0 Å². The Bertz CT molecular complexity index is 850. The molecule has 2 atom stereocenters. The van der Waals surface area contributed by atoms with E-state index in [2.05, 4.69) is 20.8 Å². The molecular formula is C21H21BrClNO2. The summed E-state index contributed by atoms with van der Waals surface area (Å²) in [5.41, 5.74) is 0.721. The predicted octanol–water partition coefficient (Wildman–Crippen LogP) is 5.66. The minimum absolute atomic E-state index is 0.104. The molecule has 136 valence electrons. The fourth-order valence-corrected chi connectivity index (χ4v) is 4.73. The zero-order chi connectivity index (χ0) is 18.3. The van der Waals surface area contributed by atoms with E-state index in [1.807, 2.05) is 49.4 Å². The van der Waals surface area contributed by atoms with E-state index in [1.165, 1.54) is 6.42 Å². The molecule has 2 aromatic rings. The van der Waals surface area contributed by atoms with Crippen LogP contribution in [0.2, 0.25) is 5.02 Å². The Balaban J connectivity index is 1.88. The second-order valence-electron chi connectivity index (χ2n) is 7.18. The highest BCUT2D eigenvalue weighted by Crippen LogP contribution is 2.47. The van der Waals surface area contributed by atoms with E-state index in [4.69, 9.17) is 16.3 Å². The highest BCUT2D eigenvalue weighted by molar-refractivity contribution is 9.10. The third-order valence-corrected chi connectivity index (χ3v) is 6.44. The molecule has 0 bridgehead atoms. The third kappa shape index (κ3) is 2.88. The van der Waals surface area contributed by atoms with Crippen molar-refractivity contribution in [1.29, 1.82) is 0 Å². The van der Waals surface area contributed by atoms with E-state index in [0.29, 0.717) is 16.3 Å². The summed E-state index contributed by atoms with van der Waals surface area (Å²) in [7, 11) is 0. The molecule has 26 heavy (non-hydrogen) atoms. The molecule has 3 nitrogen and oxygen atoms in total. The summed E-state index contributed by atoms with van der Waals surface area (Å²) in [5.74, 6) is 0.726. The number of hydrogen-bond donors (Lipinski definition) is 0. The van der Waals surface area contributed by atoms with Gasteiger partial charge in [-0.15, -0.1) is 0 Å². The number of rotatable bonds is 2. The number of fused-ring (bicyclic) bond motifs is 1. The van der Waals surface area contributed by atoms with Gasteiger partial charge in [0.15, 0.2) is 11.9 Å². The van der Waals surface area contributed by atoms with Gasteiger partial charge in [-0.05, 0) is 57.1 Å². The van der Waals surface area contributed by atoms with Crippen molar-refractivity contribution in [2.24, 2.45) is 0 Å². The number of benzene rings is 2. The van der Waals surface area contributed by atoms with Crippen LogP contribution in [0.15, 0.2) is 46.9 Å². The van der Waals surface area contributed by atoms with Gasteiger partial charge < -0.3 is 4.74 Å². The van der Waals surface area contributed by atoms with Crippen LogP contribution in [0.1, 0.15) is 48.2 Å². The minimum Gasteiger partial charge on any atom is -0.482 e. The summed E-state index contributed by atoms with van der Waals surface area (Å²) in [5, 5.41) is 0.633. The fraction of sp³-hybridized carbons (Fsp3) is 0.381. The normalized spacial score (nSPS) is 26.3. The van der Waals surface area contributed by atoms with Gasteiger partial charge in [0.2, 0.25) is 0 Å². The molecule has 2 aliphatic rings. The first-order valence-electron chi connectivity index (χ1n) is 9.02. The molecule has 0 radical (unpaired) electrons. The lowest BCUT2D eigenvalue weighted by molar-refractivity contribution is -0.0154. The van der Waals surface area contributed by atoms with E-state index in [-0.39, 0.29) is 5.78 Å². The maximum absolute atomic E-state index is 13.7. The van der Waals surface area contributed by atoms with Gasteiger partial charge in [-0.3, -0.25) is 9.69 Å². The maximum Gasteiger partial charge on any atom is 0.190 e. The Kier molecular flexibility index (Phi) is 4.84. The molecule has 0 aromatic heterocycles. The summed E-state index contributed by atoms with van der Waals surface area (Å²) in [4.78, 5) is 16.0. The highest BCUT2D eigenvalue weighted by Gasteiger charge is 2.53. The zero-order valence-corrected chi connectivity index (χ0v) is 17.0. The quantitative estimate of drug-likeness (QED) is 0.610. The number of Topliss-reactive ketones (excluding diaryl/α,β-unsaturated/α-hetero) is 1. The average Bonchev–Trinajstić information content (AvgIpc) is 2.66. The first-order chi connectivity index (χ1) is 12.5. The third-order valence-electron chi connectivity index (χ3n) is 5.60. The molecule has 5 heteroatoms. The van der Waals surface area contributed by atoms with E-state index in [9.17, 15) is 4.79 Å². The Morgan fingerprint density at radius 3 is 2.62 bits per heavy atom. The van der Waals surface area contributed by atoms with Crippen LogP contribution >= 0.6 is 27.5 Å². The first-order valence-corrected chi connectivity index (χ1v) is 10.2. The van der Waals surface area contributed by atoms with E-state index in [0.717, 1.165) is 36.0 Å². The standard InChI is InChI=1S/C21H21BrClNO2/c1-21(24-11-5-2-6-12-24)19(25)16-13-14(22)9-10-18(16)26-20(21)15-7-3-4-8-17(15)23/h3-4,7-10,13,20H,2,5-6,11-12H2,1H3/t20-,21-/m0/s1. The number of carbonyl (C=O) groups is 1. The highest BCUT2D eigenvalue weighted by atomic mass is 79.9. The molecule has 0 N–H and O–H groups in total. The molecule has 0 amide bonds. The van der Waals surface area contributed by atoms with Gasteiger partial charge in [-0.2, -0.15) is 0 Å². The summed E-state index contributed by atoms with van der Waals surface area (Å²) >= 11 is 9.99. The average molecular weight is 435 g/mol. The molecule has 0 aliphatic carbocycles. The Morgan fingerprint density at radius 2 is 1.88 bits per heavy atom. The van der Waals surface area contributed by atoms with Crippen LogP contribution in [-0.4, -0.2) is 29.3 Å². The van der Waals surface area contributed by atoms with Crippen molar-refractivity contribution in [2.45, 2.75) is 37.8 Å². The molecule has 2 aromatic carbocycles. The molecule has 2 heterocycles. The van der Waals surface area contributed by atoms with E-state index >= 15 is 0 Å². The summed E-state index contributed by atoms with van der Waals surface area (Å²) in [6.45, 7) is 3.81. The van der Waals surface area contributed by atoms with Crippen LogP contribution in [0.4, 0.5) is 0 Å². The van der Waals surface area contributed by atoms with Crippen molar-refractivity contribution in [2.75, 3.05) is 13.1 Å². The Labute approximate surface area is 167 Å². The lowest BCUT2D eigenvalue weighted by Gasteiger charge is -2.49. The molecular weight excluding hydrogens is 414 g/mol. The smallest absolute Gasteiger partial charge is 0.190 e. The number of halogens is 2. The summed E-state index contributed by atoms with van der Waals surface area (Å²) < 4.78 is 7.31. The van der Waals surface area contributed by atoms with Crippen molar-refractivity contribution in [3.63, 3.8) is 0 Å². The van der Waals surface area contributed by atoms with Gasteiger partial charge in [-0.1, -0.05) is 52.2 Å². The number of likely N-dealkylation sites (tertiary alicyclic amines) is 1. The Morgan fingerprint density at radius 1 is 1.15 bits per heavy atom. The number of piperidine rings is 1. The van der Waals surface area contributed by atoms with Gasteiger partial charge in [0, 0.05) is 15.1 Å². The van der Waals surface area contributed by atoms with Gasteiger partial charge in [0.1, 0.15) is 11.3 Å². The lowest BCUT2D eigenvalue weighted by Crippen LogP contribution is -2.60. The molecule has 2 aliphatic heterocycles. The first kappa shape index (κ1) is 18.0. The number of nitrogens with zero attached hydrogens (tertiary/aromatic N) is 1. The van der Waals surface area contributed by atoms with Crippen molar-refractivity contribution >= 4 is 33.3 Å². The second-order valence-corrected chi connectivity index (χ2v) is 8.51. The zero-order valence-electron chi connectivity index (χ0n) is 14.7. The van der Waals surface area contributed by atoms with Crippen LogP contribution < -0.4 is 4.74 Å². The van der Waals surface area contributed by atoms with Crippen LogP contribution in [0.25, 0.3) is 0 Å². The number of ketones is 1. The van der Waals surface area contributed by atoms with E-state index < -0.39 is 11.6 Å². The predicted molar refractivity (Wildman–Crippen MR) is 107 cm³/mol. The number of ether oxygens (including phenoxy) is 1. The second kappa shape index (κ2) is 6.99. The topological polar surface area (TPSA) is 29.5 Å². The number of carbonyl (C=O) groups excluding carboxylic acids is 1. The summed E-state index contributed by atoms with van der Waals surface area (Å²) in [6, 6.07) is 13.3. The molecule has 1 saturated heterocycles. The van der Waals surface area contributed by atoms with Crippen LogP contribution in [-0.2, 0) is 0 Å².